The van der Waals surface area contributed by atoms with E-state index in [-0.39, 0.29) is 24.3 Å². The van der Waals surface area contributed by atoms with Crippen molar-refractivity contribution in [3.63, 3.8) is 0 Å². The van der Waals surface area contributed by atoms with Gasteiger partial charge in [-0.3, -0.25) is 14.6 Å². The minimum Gasteiger partial charge on any atom is -0.469 e. The van der Waals surface area contributed by atoms with E-state index in [1.54, 1.807) is 4.90 Å². The van der Waals surface area contributed by atoms with E-state index in [2.05, 4.69) is 45.0 Å². The van der Waals surface area contributed by atoms with Gasteiger partial charge in [-0.2, -0.15) is 0 Å². The number of likely N-dealkylation sites (N-methyl/N-ethyl adjacent to an activating group) is 1. The molecule has 0 saturated carbocycles. The van der Waals surface area contributed by atoms with Crippen LogP contribution in [0.1, 0.15) is 44.1 Å². The molecule has 35 heavy (non-hydrogen) atoms. The van der Waals surface area contributed by atoms with Crippen molar-refractivity contribution in [1.29, 1.82) is 0 Å². The van der Waals surface area contributed by atoms with Gasteiger partial charge in [-0.05, 0) is 43.8 Å². The van der Waals surface area contributed by atoms with Gasteiger partial charge in [0.1, 0.15) is 0 Å². The Bertz CT molecular complexity index is 807. The summed E-state index contributed by atoms with van der Waals surface area (Å²) in [5, 5.41) is 0. The summed E-state index contributed by atoms with van der Waals surface area (Å²) in [6.07, 6.45) is 5.92. The second kappa shape index (κ2) is 12.7. The molecule has 3 fully saturated rings. The van der Waals surface area contributed by atoms with Crippen molar-refractivity contribution in [3.05, 3.63) is 35.9 Å². The van der Waals surface area contributed by atoms with Crippen LogP contribution >= 0.6 is 0 Å². The first-order valence-corrected chi connectivity index (χ1v) is 13.3. The smallest absolute Gasteiger partial charge is 0.411 e. The van der Waals surface area contributed by atoms with Crippen molar-refractivity contribution in [3.8, 4) is 0 Å². The average molecular weight is 487 g/mol. The number of rotatable bonds is 10. The molecule has 1 aromatic rings. The number of esters is 1. The molecule has 3 aliphatic rings. The highest BCUT2D eigenvalue weighted by Crippen LogP contribution is 2.29. The zero-order valence-corrected chi connectivity index (χ0v) is 21.4. The van der Waals surface area contributed by atoms with Gasteiger partial charge < -0.3 is 19.3 Å². The number of methoxy groups -OCH3 is 1. The predicted octanol–water partition coefficient (Wildman–Crippen LogP) is 3.03. The van der Waals surface area contributed by atoms with E-state index >= 15 is 0 Å². The van der Waals surface area contributed by atoms with Crippen LogP contribution in [0.4, 0.5) is 4.79 Å². The molecule has 194 valence electrons. The van der Waals surface area contributed by atoms with E-state index in [1.807, 2.05) is 7.05 Å². The maximum atomic E-state index is 12.4. The van der Waals surface area contributed by atoms with Gasteiger partial charge in [0.05, 0.1) is 19.6 Å². The second-order valence-corrected chi connectivity index (χ2v) is 10.3. The number of amides is 1. The van der Waals surface area contributed by atoms with Gasteiger partial charge >= 0.3 is 12.1 Å². The van der Waals surface area contributed by atoms with Crippen LogP contribution in [0.15, 0.2) is 30.3 Å². The average Bonchev–Trinajstić information content (AvgIpc) is 3.18. The Hall–Kier alpha value is -2.16. The topological polar surface area (TPSA) is 65.6 Å². The molecule has 1 aromatic carbocycles. The van der Waals surface area contributed by atoms with Crippen LogP contribution in [-0.2, 0) is 20.8 Å². The Labute approximate surface area is 210 Å². The molecule has 1 amide bonds. The third-order valence-electron chi connectivity index (χ3n) is 8.03. The Morgan fingerprint density at radius 1 is 1.00 bits per heavy atom. The molecule has 0 bridgehead atoms. The first-order valence-electron chi connectivity index (χ1n) is 13.3. The molecule has 0 spiro atoms. The van der Waals surface area contributed by atoms with Crippen molar-refractivity contribution in [2.75, 3.05) is 60.0 Å². The molecule has 4 rings (SSSR count). The van der Waals surface area contributed by atoms with E-state index < -0.39 is 0 Å². The molecular weight excluding hydrogens is 444 g/mol. The van der Waals surface area contributed by atoms with Gasteiger partial charge in [-0.25, -0.2) is 4.79 Å². The lowest BCUT2D eigenvalue weighted by atomic mass is 9.90. The summed E-state index contributed by atoms with van der Waals surface area (Å²) in [6.45, 7) is 7.58. The van der Waals surface area contributed by atoms with E-state index in [1.165, 1.54) is 45.0 Å². The van der Waals surface area contributed by atoms with Crippen LogP contribution in [0.25, 0.3) is 0 Å². The van der Waals surface area contributed by atoms with Crippen LogP contribution in [0.2, 0.25) is 0 Å². The summed E-state index contributed by atoms with van der Waals surface area (Å²) in [7, 11) is 3.31. The highest BCUT2D eigenvalue weighted by atomic mass is 16.6. The molecule has 0 N–H and O–H groups in total. The summed E-state index contributed by atoms with van der Waals surface area (Å²) >= 11 is 0. The fourth-order valence-corrected chi connectivity index (χ4v) is 5.73. The van der Waals surface area contributed by atoms with E-state index in [0.29, 0.717) is 6.42 Å². The molecule has 2 unspecified atom stereocenters. The quantitative estimate of drug-likeness (QED) is 0.471. The van der Waals surface area contributed by atoms with Crippen molar-refractivity contribution in [2.45, 2.75) is 57.3 Å². The Kier molecular flexibility index (Phi) is 9.40. The molecule has 0 aromatic heterocycles. The SMILES string of the molecule is COC(=O)CCN1CCN(C2OC(=O)N(C)C2CCCC2CCN(Cc3ccccc3)CC2)CC1. The van der Waals surface area contributed by atoms with Gasteiger partial charge in [0.15, 0.2) is 6.23 Å². The first kappa shape index (κ1) is 25.9. The monoisotopic (exact) mass is 486 g/mol. The first-order chi connectivity index (χ1) is 17.0. The lowest BCUT2D eigenvalue weighted by Gasteiger charge is -2.38. The molecule has 0 aliphatic carbocycles. The number of piperazine rings is 1. The van der Waals surface area contributed by atoms with Gasteiger partial charge in [-0.15, -0.1) is 0 Å². The third-order valence-corrected chi connectivity index (χ3v) is 8.03. The van der Waals surface area contributed by atoms with Crippen LogP contribution in [0, 0.1) is 5.92 Å². The lowest BCUT2D eigenvalue weighted by Crippen LogP contribution is -2.54. The number of hydrogen-bond acceptors (Lipinski definition) is 7. The summed E-state index contributed by atoms with van der Waals surface area (Å²) in [5.74, 6) is 0.614. The van der Waals surface area contributed by atoms with E-state index in [4.69, 9.17) is 9.47 Å². The zero-order chi connectivity index (χ0) is 24.6. The largest absolute Gasteiger partial charge is 0.469 e. The van der Waals surface area contributed by atoms with Gasteiger partial charge in [0.25, 0.3) is 0 Å². The summed E-state index contributed by atoms with van der Waals surface area (Å²) in [6, 6.07) is 10.9. The van der Waals surface area contributed by atoms with Crippen LogP contribution in [0.3, 0.4) is 0 Å². The Morgan fingerprint density at radius 3 is 2.40 bits per heavy atom. The number of nitrogens with zero attached hydrogens (tertiary/aromatic N) is 4. The van der Waals surface area contributed by atoms with Gasteiger partial charge in [-0.1, -0.05) is 43.2 Å². The highest BCUT2D eigenvalue weighted by Gasteiger charge is 2.43. The number of ether oxygens (including phenoxy) is 2. The third kappa shape index (κ3) is 7.18. The fraction of sp³-hybridized carbons (Fsp3) is 0.704. The number of cyclic esters (lactones) is 1. The molecule has 2 atom stereocenters. The number of hydrogen-bond donors (Lipinski definition) is 0. The molecule has 0 radical (unpaired) electrons. The second-order valence-electron chi connectivity index (χ2n) is 10.3. The standard InChI is InChI=1S/C27H42N4O4/c1-28-24(10-6-9-22-11-14-30(15-12-22)21-23-7-4-3-5-8-23)26(35-27(28)33)31-19-17-29(18-20-31)16-13-25(32)34-2/h3-5,7-8,22,24,26H,6,9-21H2,1-2H3. The minimum absolute atomic E-state index is 0.113. The summed E-state index contributed by atoms with van der Waals surface area (Å²) in [4.78, 5) is 32.8. The maximum absolute atomic E-state index is 12.4. The van der Waals surface area contributed by atoms with Gasteiger partial charge in [0, 0.05) is 46.3 Å². The molecule has 8 nitrogen and oxygen atoms in total. The fourth-order valence-electron chi connectivity index (χ4n) is 5.73. The normalized spacial score (nSPS) is 25.1. The minimum atomic E-state index is -0.206. The maximum Gasteiger partial charge on any atom is 0.411 e. The van der Waals surface area contributed by atoms with Crippen molar-refractivity contribution in [2.24, 2.45) is 5.92 Å². The number of carbonyl (C=O) groups excluding carboxylic acids is 2. The van der Waals surface area contributed by atoms with Crippen LogP contribution < -0.4 is 0 Å². The highest BCUT2D eigenvalue weighted by molar-refractivity contribution is 5.70. The van der Waals surface area contributed by atoms with E-state index in [9.17, 15) is 9.59 Å². The molecule has 3 saturated heterocycles. The number of carbonyl (C=O) groups is 2. The Balaban J connectivity index is 1.18. The summed E-state index contributed by atoms with van der Waals surface area (Å²) in [5.41, 5.74) is 1.40. The Morgan fingerprint density at radius 2 is 1.71 bits per heavy atom. The number of likely N-dealkylation sites (tertiary alicyclic amines) is 1. The molecular formula is C27H42N4O4. The number of benzene rings is 1. The van der Waals surface area contributed by atoms with Gasteiger partial charge in [0.2, 0.25) is 0 Å². The predicted molar refractivity (Wildman–Crippen MR) is 135 cm³/mol. The molecule has 3 aliphatic heterocycles. The van der Waals surface area contributed by atoms with Crippen molar-refractivity contribution in [1.82, 2.24) is 19.6 Å². The van der Waals surface area contributed by atoms with Crippen molar-refractivity contribution < 1.29 is 19.1 Å². The van der Waals surface area contributed by atoms with Crippen molar-refractivity contribution >= 4 is 12.1 Å². The van der Waals surface area contributed by atoms with Crippen LogP contribution in [-0.4, -0.2) is 104 Å². The lowest BCUT2D eigenvalue weighted by molar-refractivity contribution is -0.141. The molecule has 8 heteroatoms. The molecule has 3 heterocycles. The summed E-state index contributed by atoms with van der Waals surface area (Å²) < 4.78 is 10.6. The van der Waals surface area contributed by atoms with E-state index in [0.717, 1.165) is 58.0 Å². The van der Waals surface area contributed by atoms with Crippen LogP contribution in [0.5, 0.6) is 0 Å². The zero-order valence-electron chi connectivity index (χ0n) is 21.4. The number of piperidine rings is 1.